The maximum absolute atomic E-state index is 13.7. The van der Waals surface area contributed by atoms with Crippen LogP contribution in [-0.4, -0.2) is 35.0 Å². The van der Waals surface area contributed by atoms with Gasteiger partial charge in [0.25, 0.3) is 5.91 Å². The van der Waals surface area contributed by atoms with Gasteiger partial charge in [-0.25, -0.2) is 9.18 Å². The number of likely N-dealkylation sites (tertiary alicyclic amines) is 1. The first kappa shape index (κ1) is 17.7. The van der Waals surface area contributed by atoms with Gasteiger partial charge < -0.3 is 0 Å². The molecule has 140 valence electrons. The van der Waals surface area contributed by atoms with E-state index in [1.165, 1.54) is 22.6 Å². The Morgan fingerprint density at radius 3 is 2.63 bits per heavy atom. The summed E-state index contributed by atoms with van der Waals surface area (Å²) in [6.07, 6.45) is 1.02. The molecule has 0 unspecified atom stereocenters. The summed E-state index contributed by atoms with van der Waals surface area (Å²) >= 11 is 0. The summed E-state index contributed by atoms with van der Waals surface area (Å²) in [6, 6.07) is 15.7. The van der Waals surface area contributed by atoms with Gasteiger partial charge in [-0.05, 0) is 43.5 Å². The van der Waals surface area contributed by atoms with Crippen LogP contribution in [0.2, 0.25) is 0 Å². The van der Waals surface area contributed by atoms with Gasteiger partial charge in [0.2, 0.25) is 0 Å². The summed E-state index contributed by atoms with van der Waals surface area (Å²) in [5.41, 5.74) is 0.675. The highest BCUT2D eigenvalue weighted by atomic mass is 19.1. The lowest BCUT2D eigenvalue weighted by Gasteiger charge is -2.45. The number of piperidine rings is 1. The Morgan fingerprint density at radius 2 is 1.93 bits per heavy atom. The first-order chi connectivity index (χ1) is 13.0. The van der Waals surface area contributed by atoms with Crippen LogP contribution in [0.4, 0.5) is 14.9 Å². The molecule has 1 N–H and O–H groups in total. The normalized spacial score (nSPS) is 25.9. The third-order valence-corrected chi connectivity index (χ3v) is 5.64. The van der Waals surface area contributed by atoms with Crippen molar-refractivity contribution < 1.29 is 14.0 Å². The molecule has 2 aliphatic rings. The lowest BCUT2D eigenvalue weighted by atomic mass is 9.81. The molecule has 2 aromatic rings. The molecular weight excluding hydrogens is 345 g/mol. The van der Waals surface area contributed by atoms with E-state index in [0.29, 0.717) is 25.1 Å². The summed E-state index contributed by atoms with van der Waals surface area (Å²) in [5, 5.41) is 2.44. The average molecular weight is 367 g/mol. The van der Waals surface area contributed by atoms with Gasteiger partial charge in [0.05, 0.1) is 0 Å². The number of hydrogen-bond donors (Lipinski definition) is 1. The zero-order valence-electron chi connectivity index (χ0n) is 15.2. The lowest BCUT2D eigenvalue weighted by Crippen LogP contribution is -2.59. The molecule has 5 nitrogen and oxygen atoms in total. The van der Waals surface area contributed by atoms with E-state index in [1.54, 1.807) is 12.1 Å². The van der Waals surface area contributed by atoms with Gasteiger partial charge in [0.15, 0.2) is 0 Å². The van der Waals surface area contributed by atoms with Crippen molar-refractivity contribution >= 4 is 17.6 Å². The zero-order valence-corrected chi connectivity index (χ0v) is 15.2. The number of carbonyl (C=O) groups excluding carboxylic acids is 2. The van der Waals surface area contributed by atoms with Gasteiger partial charge in [0.1, 0.15) is 11.4 Å². The Balaban J connectivity index is 1.60. The minimum Gasteiger partial charge on any atom is -0.296 e. The molecule has 6 heteroatoms. The molecule has 27 heavy (non-hydrogen) atoms. The largest absolute Gasteiger partial charge is 0.329 e. The van der Waals surface area contributed by atoms with E-state index < -0.39 is 17.4 Å². The lowest BCUT2D eigenvalue weighted by molar-refractivity contribution is -0.125. The average Bonchev–Trinajstić information content (AvgIpc) is 2.88. The molecule has 0 bridgehead atoms. The molecule has 0 radical (unpaired) electrons. The number of halogens is 1. The zero-order chi connectivity index (χ0) is 19.0. The van der Waals surface area contributed by atoms with Crippen LogP contribution in [0.15, 0.2) is 54.6 Å². The Bertz CT molecular complexity index is 873. The van der Waals surface area contributed by atoms with Crippen molar-refractivity contribution in [2.75, 3.05) is 11.4 Å². The minimum absolute atomic E-state index is 0.103. The number of carbonyl (C=O) groups is 2. The molecule has 4 rings (SSSR count). The summed E-state index contributed by atoms with van der Waals surface area (Å²) in [5.74, 6) is -0.715. The van der Waals surface area contributed by atoms with Crippen molar-refractivity contribution in [1.29, 1.82) is 0 Å². The fourth-order valence-electron chi connectivity index (χ4n) is 4.28. The summed E-state index contributed by atoms with van der Waals surface area (Å²) in [4.78, 5) is 29.0. The maximum atomic E-state index is 13.7. The second kappa shape index (κ2) is 6.78. The number of urea groups is 1. The monoisotopic (exact) mass is 367 g/mol. The standard InChI is InChI=1S/C21H22FN3O2/c1-15-13-21(10-11-24(15)14-16-6-3-2-4-7-16)19(26)23-20(27)25(21)18-9-5-8-17(22)12-18/h2-9,12,15H,10-11,13-14H2,1H3,(H,23,26,27)/t15-,21+/m0/s1. The molecule has 3 amide bonds. The van der Waals surface area contributed by atoms with Gasteiger partial charge in [-0.2, -0.15) is 0 Å². The van der Waals surface area contributed by atoms with Crippen LogP contribution in [-0.2, 0) is 11.3 Å². The topological polar surface area (TPSA) is 52.7 Å². The van der Waals surface area contributed by atoms with E-state index in [0.717, 1.165) is 6.54 Å². The third kappa shape index (κ3) is 3.10. The predicted octanol–water partition coefficient (Wildman–Crippen LogP) is 3.31. The van der Waals surface area contributed by atoms with Gasteiger partial charge in [-0.15, -0.1) is 0 Å². The molecule has 0 aliphatic carbocycles. The molecule has 2 aromatic carbocycles. The first-order valence-corrected chi connectivity index (χ1v) is 9.19. The highest BCUT2D eigenvalue weighted by molar-refractivity contribution is 6.17. The van der Waals surface area contributed by atoms with Crippen molar-refractivity contribution in [2.45, 2.75) is 37.9 Å². The van der Waals surface area contributed by atoms with Gasteiger partial charge in [0, 0.05) is 24.8 Å². The fraction of sp³-hybridized carbons (Fsp3) is 0.333. The first-order valence-electron chi connectivity index (χ1n) is 9.19. The van der Waals surface area contributed by atoms with Crippen LogP contribution in [0.5, 0.6) is 0 Å². The Morgan fingerprint density at radius 1 is 1.15 bits per heavy atom. The maximum Gasteiger partial charge on any atom is 0.329 e. The number of benzene rings is 2. The van der Waals surface area contributed by atoms with Crippen molar-refractivity contribution in [3.05, 3.63) is 66.0 Å². The van der Waals surface area contributed by atoms with Crippen LogP contribution in [0.1, 0.15) is 25.3 Å². The molecule has 2 heterocycles. The number of imide groups is 1. The summed E-state index contributed by atoms with van der Waals surface area (Å²) in [7, 11) is 0. The van der Waals surface area contributed by atoms with Gasteiger partial charge in [-0.3, -0.25) is 19.9 Å². The van der Waals surface area contributed by atoms with Crippen molar-refractivity contribution in [3.8, 4) is 0 Å². The van der Waals surface area contributed by atoms with E-state index in [1.807, 2.05) is 18.2 Å². The van der Waals surface area contributed by atoms with Gasteiger partial charge in [-0.1, -0.05) is 36.4 Å². The highest BCUT2D eigenvalue weighted by Crippen LogP contribution is 2.39. The number of anilines is 1. The predicted molar refractivity (Wildman–Crippen MR) is 101 cm³/mol. The van der Waals surface area contributed by atoms with E-state index in [2.05, 4.69) is 29.3 Å². The van der Waals surface area contributed by atoms with Crippen molar-refractivity contribution in [2.24, 2.45) is 0 Å². The SMILES string of the molecule is C[C@H]1C[C@]2(CCN1Cc1ccccc1)C(=O)NC(=O)N2c1cccc(F)c1. The van der Waals surface area contributed by atoms with E-state index in [9.17, 15) is 14.0 Å². The van der Waals surface area contributed by atoms with Crippen LogP contribution in [0, 0.1) is 5.82 Å². The number of nitrogens with zero attached hydrogens (tertiary/aromatic N) is 2. The van der Waals surface area contributed by atoms with Gasteiger partial charge >= 0.3 is 6.03 Å². The number of amides is 3. The third-order valence-electron chi connectivity index (χ3n) is 5.64. The molecular formula is C21H22FN3O2. The minimum atomic E-state index is -0.961. The van der Waals surface area contributed by atoms with Crippen molar-refractivity contribution in [3.63, 3.8) is 0 Å². The second-order valence-corrected chi connectivity index (χ2v) is 7.37. The Kier molecular flexibility index (Phi) is 4.44. The molecule has 2 saturated heterocycles. The molecule has 2 atom stereocenters. The molecule has 2 fully saturated rings. The van der Waals surface area contributed by atoms with E-state index in [4.69, 9.17) is 0 Å². The van der Waals surface area contributed by atoms with Crippen LogP contribution >= 0.6 is 0 Å². The fourth-order valence-corrected chi connectivity index (χ4v) is 4.28. The molecule has 0 aromatic heterocycles. The second-order valence-electron chi connectivity index (χ2n) is 7.37. The number of hydrogen-bond acceptors (Lipinski definition) is 3. The molecule has 0 saturated carbocycles. The summed E-state index contributed by atoms with van der Waals surface area (Å²) < 4.78 is 13.7. The van der Waals surface area contributed by atoms with E-state index in [-0.39, 0.29) is 11.9 Å². The van der Waals surface area contributed by atoms with Crippen molar-refractivity contribution in [1.82, 2.24) is 10.2 Å². The highest BCUT2D eigenvalue weighted by Gasteiger charge is 2.56. The van der Waals surface area contributed by atoms with Crippen LogP contribution in [0.25, 0.3) is 0 Å². The van der Waals surface area contributed by atoms with Crippen LogP contribution in [0.3, 0.4) is 0 Å². The quantitative estimate of drug-likeness (QED) is 0.847. The number of rotatable bonds is 3. The molecule has 2 aliphatic heterocycles. The summed E-state index contributed by atoms with van der Waals surface area (Å²) in [6.45, 7) is 3.56. The number of nitrogens with one attached hydrogen (secondary N) is 1. The van der Waals surface area contributed by atoms with Crippen LogP contribution < -0.4 is 10.2 Å². The smallest absolute Gasteiger partial charge is 0.296 e. The van der Waals surface area contributed by atoms with E-state index >= 15 is 0 Å². The Labute approximate surface area is 157 Å². The Hall–Kier alpha value is -2.73. The molecule has 1 spiro atoms.